The molecule has 0 atom stereocenters. The molecule has 0 aliphatic heterocycles. The molecule has 0 heterocycles. The molecule has 0 aliphatic rings. The number of carbonyl (C=O) groups is 1. The van der Waals surface area contributed by atoms with E-state index in [0.717, 1.165) is 0 Å². The molecule has 0 fully saturated rings. The van der Waals surface area contributed by atoms with E-state index in [1.165, 1.54) is 25.3 Å². The summed E-state index contributed by atoms with van der Waals surface area (Å²) in [4.78, 5) is 12.2. The topological polar surface area (TPSA) is 47.6 Å². The van der Waals surface area contributed by atoms with Gasteiger partial charge in [-0.3, -0.25) is 4.79 Å². The van der Waals surface area contributed by atoms with Gasteiger partial charge in [0, 0.05) is 5.56 Å². The third kappa shape index (κ3) is 3.49. The van der Waals surface area contributed by atoms with Gasteiger partial charge in [0.25, 0.3) is 5.91 Å². The van der Waals surface area contributed by atoms with Crippen LogP contribution in [0.15, 0.2) is 36.4 Å². The molecule has 0 aromatic heterocycles. The van der Waals surface area contributed by atoms with Gasteiger partial charge < -0.3 is 14.8 Å². The lowest BCUT2D eigenvalue weighted by molar-refractivity contribution is 0.102. The minimum atomic E-state index is -0.671. The second-order valence-electron chi connectivity index (χ2n) is 4.35. The van der Waals surface area contributed by atoms with Crippen LogP contribution in [0.4, 0.5) is 10.1 Å². The van der Waals surface area contributed by atoms with Gasteiger partial charge in [0.05, 0.1) is 24.4 Å². The van der Waals surface area contributed by atoms with Gasteiger partial charge in [0.2, 0.25) is 0 Å². The van der Waals surface area contributed by atoms with E-state index in [-0.39, 0.29) is 10.7 Å². The molecule has 0 unspecified atom stereocenters. The molecule has 0 spiro atoms. The quantitative estimate of drug-likeness (QED) is 0.899. The lowest BCUT2D eigenvalue weighted by Gasteiger charge is -2.11. The Hall–Kier alpha value is -2.27. The number of hydrogen-bond donors (Lipinski definition) is 1. The van der Waals surface area contributed by atoms with Gasteiger partial charge in [-0.15, -0.1) is 0 Å². The molecular weight excluding hydrogens is 309 g/mol. The van der Waals surface area contributed by atoms with Crippen molar-refractivity contribution in [2.24, 2.45) is 0 Å². The maximum atomic E-state index is 13.8. The third-order valence-electron chi connectivity index (χ3n) is 2.93. The zero-order valence-electron chi connectivity index (χ0n) is 12.2. The van der Waals surface area contributed by atoms with E-state index in [1.807, 2.05) is 6.92 Å². The van der Waals surface area contributed by atoms with Crippen LogP contribution in [-0.2, 0) is 0 Å². The predicted octanol–water partition coefficient (Wildman–Crippen LogP) is 4.14. The number of amides is 1. The molecule has 2 aromatic carbocycles. The second-order valence-corrected chi connectivity index (χ2v) is 4.76. The number of nitrogens with one attached hydrogen (secondary N) is 1. The largest absolute Gasteiger partial charge is 0.493 e. The summed E-state index contributed by atoms with van der Waals surface area (Å²) in [5, 5.41) is 2.42. The first kappa shape index (κ1) is 16.1. The Morgan fingerprint density at radius 2 is 2.05 bits per heavy atom. The van der Waals surface area contributed by atoms with Gasteiger partial charge in [-0.05, 0) is 37.3 Å². The van der Waals surface area contributed by atoms with Crippen LogP contribution in [0.5, 0.6) is 11.5 Å². The lowest BCUT2D eigenvalue weighted by Crippen LogP contribution is -2.13. The Morgan fingerprint density at radius 1 is 1.27 bits per heavy atom. The van der Waals surface area contributed by atoms with Gasteiger partial charge in [-0.1, -0.05) is 17.7 Å². The van der Waals surface area contributed by atoms with E-state index in [0.29, 0.717) is 23.7 Å². The SMILES string of the molecule is CCOc1ccc(C(=O)Nc2cccc(Cl)c2F)cc1OC. The van der Waals surface area contributed by atoms with Crippen LogP contribution in [-0.4, -0.2) is 19.6 Å². The number of anilines is 1. The van der Waals surface area contributed by atoms with Crippen molar-refractivity contribution >= 4 is 23.2 Å². The fourth-order valence-corrected chi connectivity index (χ4v) is 2.05. The van der Waals surface area contributed by atoms with Crippen molar-refractivity contribution in [3.63, 3.8) is 0 Å². The van der Waals surface area contributed by atoms with Crippen LogP contribution < -0.4 is 14.8 Å². The van der Waals surface area contributed by atoms with Crippen molar-refractivity contribution in [3.8, 4) is 11.5 Å². The first-order valence-corrected chi connectivity index (χ1v) is 7.00. The van der Waals surface area contributed by atoms with Crippen molar-refractivity contribution in [1.29, 1.82) is 0 Å². The van der Waals surface area contributed by atoms with Gasteiger partial charge in [0.1, 0.15) is 0 Å². The number of halogens is 2. The van der Waals surface area contributed by atoms with Crippen molar-refractivity contribution in [2.45, 2.75) is 6.92 Å². The Balaban J connectivity index is 2.24. The fourth-order valence-electron chi connectivity index (χ4n) is 1.88. The summed E-state index contributed by atoms with van der Waals surface area (Å²) in [5.74, 6) is -0.172. The van der Waals surface area contributed by atoms with Crippen LogP contribution in [0, 0.1) is 5.82 Å². The fraction of sp³-hybridized carbons (Fsp3) is 0.188. The third-order valence-corrected chi connectivity index (χ3v) is 3.22. The molecule has 2 aromatic rings. The molecular formula is C16H15ClFNO3. The standard InChI is InChI=1S/C16H15ClFNO3/c1-3-22-13-8-7-10(9-14(13)21-2)16(20)19-12-6-4-5-11(17)15(12)18/h4-9H,3H2,1-2H3,(H,19,20). The van der Waals surface area contributed by atoms with Crippen molar-refractivity contribution in [1.82, 2.24) is 0 Å². The molecule has 1 amide bonds. The number of ether oxygens (including phenoxy) is 2. The number of carbonyl (C=O) groups excluding carboxylic acids is 1. The summed E-state index contributed by atoms with van der Waals surface area (Å²) in [5.41, 5.74) is 0.338. The minimum absolute atomic E-state index is 0.0188. The zero-order valence-corrected chi connectivity index (χ0v) is 12.9. The number of methoxy groups -OCH3 is 1. The van der Waals surface area contributed by atoms with Crippen LogP contribution in [0.1, 0.15) is 17.3 Å². The van der Waals surface area contributed by atoms with Crippen LogP contribution in [0.25, 0.3) is 0 Å². The van der Waals surface area contributed by atoms with E-state index in [2.05, 4.69) is 5.32 Å². The summed E-state index contributed by atoms with van der Waals surface area (Å²) in [6.45, 7) is 2.33. The highest BCUT2D eigenvalue weighted by molar-refractivity contribution is 6.31. The smallest absolute Gasteiger partial charge is 0.255 e. The molecule has 116 valence electrons. The van der Waals surface area contributed by atoms with Crippen molar-refractivity contribution < 1.29 is 18.7 Å². The molecule has 0 aliphatic carbocycles. The lowest BCUT2D eigenvalue weighted by atomic mass is 10.1. The molecule has 0 bridgehead atoms. The molecule has 2 rings (SSSR count). The summed E-state index contributed by atoms with van der Waals surface area (Å²) in [6.07, 6.45) is 0. The van der Waals surface area contributed by atoms with Gasteiger partial charge in [-0.2, -0.15) is 0 Å². The van der Waals surface area contributed by atoms with Gasteiger partial charge >= 0.3 is 0 Å². The summed E-state index contributed by atoms with van der Waals surface area (Å²) >= 11 is 5.68. The normalized spacial score (nSPS) is 10.2. The first-order chi connectivity index (χ1) is 10.6. The monoisotopic (exact) mass is 323 g/mol. The maximum absolute atomic E-state index is 13.8. The van der Waals surface area contributed by atoms with Gasteiger partial charge in [-0.25, -0.2) is 4.39 Å². The second kappa shape index (κ2) is 7.13. The first-order valence-electron chi connectivity index (χ1n) is 6.63. The summed E-state index contributed by atoms with van der Waals surface area (Å²) in [7, 11) is 1.48. The summed E-state index contributed by atoms with van der Waals surface area (Å²) in [6, 6.07) is 9.14. The van der Waals surface area contributed by atoms with Crippen LogP contribution in [0.3, 0.4) is 0 Å². The maximum Gasteiger partial charge on any atom is 0.255 e. The number of hydrogen-bond acceptors (Lipinski definition) is 3. The van der Waals surface area contributed by atoms with Crippen molar-refractivity contribution in [2.75, 3.05) is 19.0 Å². The molecule has 6 heteroatoms. The summed E-state index contributed by atoms with van der Waals surface area (Å²) < 4.78 is 24.4. The molecule has 22 heavy (non-hydrogen) atoms. The van der Waals surface area contributed by atoms with Crippen LogP contribution in [0.2, 0.25) is 5.02 Å². The number of benzene rings is 2. The predicted molar refractivity (Wildman–Crippen MR) is 83.5 cm³/mol. The Bertz CT molecular complexity index is 691. The zero-order chi connectivity index (χ0) is 16.1. The molecule has 0 saturated carbocycles. The van der Waals surface area contributed by atoms with Crippen molar-refractivity contribution in [3.05, 3.63) is 52.8 Å². The van der Waals surface area contributed by atoms with E-state index < -0.39 is 11.7 Å². The highest BCUT2D eigenvalue weighted by atomic mass is 35.5. The minimum Gasteiger partial charge on any atom is -0.493 e. The highest BCUT2D eigenvalue weighted by Crippen LogP contribution is 2.29. The molecule has 0 radical (unpaired) electrons. The Kier molecular flexibility index (Phi) is 5.22. The Labute approximate surface area is 132 Å². The molecule has 1 N–H and O–H groups in total. The van der Waals surface area contributed by atoms with E-state index >= 15 is 0 Å². The van der Waals surface area contributed by atoms with E-state index in [1.54, 1.807) is 18.2 Å². The van der Waals surface area contributed by atoms with E-state index in [9.17, 15) is 9.18 Å². The van der Waals surface area contributed by atoms with Gasteiger partial charge in [0.15, 0.2) is 17.3 Å². The average molecular weight is 324 g/mol. The number of rotatable bonds is 5. The molecule has 0 saturated heterocycles. The van der Waals surface area contributed by atoms with E-state index in [4.69, 9.17) is 21.1 Å². The average Bonchev–Trinajstić information content (AvgIpc) is 2.52. The molecule has 4 nitrogen and oxygen atoms in total. The Morgan fingerprint density at radius 3 is 2.73 bits per heavy atom. The van der Waals surface area contributed by atoms with Crippen LogP contribution >= 0.6 is 11.6 Å². The highest BCUT2D eigenvalue weighted by Gasteiger charge is 2.14.